The molecule has 16 heavy (non-hydrogen) atoms. The zero-order valence-electron chi connectivity index (χ0n) is 9.37. The van der Waals surface area contributed by atoms with Crippen LogP contribution < -0.4 is 5.32 Å². The van der Waals surface area contributed by atoms with E-state index in [-0.39, 0.29) is 5.91 Å². The molecule has 3 nitrogen and oxygen atoms in total. The van der Waals surface area contributed by atoms with E-state index in [1.807, 2.05) is 0 Å². The van der Waals surface area contributed by atoms with Crippen molar-refractivity contribution in [3.05, 3.63) is 29.0 Å². The Hall–Kier alpha value is -0.740. The second-order valence-electron chi connectivity index (χ2n) is 3.46. The number of hydrogen-bond acceptors (Lipinski definition) is 3. The van der Waals surface area contributed by atoms with Gasteiger partial charge in [0, 0.05) is 18.0 Å². The molecule has 0 aromatic carbocycles. The quantitative estimate of drug-likeness (QED) is 0.826. The maximum absolute atomic E-state index is 11.6. The van der Waals surface area contributed by atoms with Gasteiger partial charge in [0.1, 0.15) is 5.15 Å². The molecule has 1 aromatic rings. The molecule has 1 rings (SSSR count). The molecule has 0 fully saturated rings. The Kier molecular flexibility index (Phi) is 5.63. The maximum Gasteiger partial charge on any atom is 0.252 e. The Labute approximate surface area is 105 Å². The van der Waals surface area contributed by atoms with E-state index in [0.29, 0.717) is 22.5 Å². The number of aromatic nitrogens is 1. The molecule has 88 valence electrons. The lowest BCUT2D eigenvalue weighted by Gasteiger charge is -2.08. The molecule has 1 N–H and O–H groups in total. The van der Waals surface area contributed by atoms with E-state index in [0.717, 1.165) is 6.42 Å². The third-order valence-corrected chi connectivity index (χ3v) is 3.49. The second kappa shape index (κ2) is 6.76. The van der Waals surface area contributed by atoms with Gasteiger partial charge in [-0.05, 0) is 24.8 Å². The van der Waals surface area contributed by atoms with Crippen LogP contribution in [0.5, 0.6) is 0 Å². The predicted octanol–water partition coefficient (Wildman–Crippen LogP) is 2.61. The summed E-state index contributed by atoms with van der Waals surface area (Å²) in [4.78, 5) is 15.5. The summed E-state index contributed by atoms with van der Waals surface area (Å²) in [6, 6.07) is 3.28. The van der Waals surface area contributed by atoms with Gasteiger partial charge in [0.2, 0.25) is 0 Å². The van der Waals surface area contributed by atoms with Crippen LogP contribution in [0.1, 0.15) is 23.7 Å². The average molecular weight is 259 g/mol. The minimum atomic E-state index is -0.0996. The van der Waals surface area contributed by atoms with E-state index in [9.17, 15) is 4.79 Å². The summed E-state index contributed by atoms with van der Waals surface area (Å²) in [6.45, 7) is 2.82. The molecule has 1 unspecified atom stereocenters. The summed E-state index contributed by atoms with van der Waals surface area (Å²) >= 11 is 7.43. The zero-order chi connectivity index (χ0) is 12.0. The van der Waals surface area contributed by atoms with Gasteiger partial charge in [0.15, 0.2) is 0 Å². The van der Waals surface area contributed by atoms with E-state index in [1.54, 1.807) is 23.9 Å². The average Bonchev–Trinajstić information content (AvgIpc) is 2.29. The summed E-state index contributed by atoms with van der Waals surface area (Å²) in [7, 11) is 0. The molecular formula is C11H15ClN2OS. The standard InChI is InChI=1S/C11H15ClN2OS/c1-8(16-2)5-6-13-11(15)9-3-4-10(12)14-7-9/h3-4,7-8H,5-6H2,1-2H3,(H,13,15). The van der Waals surface area contributed by atoms with Crippen molar-refractivity contribution in [2.75, 3.05) is 12.8 Å². The summed E-state index contributed by atoms with van der Waals surface area (Å²) in [6.07, 6.45) is 4.51. The minimum absolute atomic E-state index is 0.0996. The van der Waals surface area contributed by atoms with Crippen LogP contribution in [-0.4, -0.2) is 28.9 Å². The molecule has 0 radical (unpaired) electrons. The predicted molar refractivity (Wildman–Crippen MR) is 69.2 cm³/mol. The largest absolute Gasteiger partial charge is 0.352 e. The Morgan fingerprint density at radius 2 is 2.38 bits per heavy atom. The van der Waals surface area contributed by atoms with Gasteiger partial charge < -0.3 is 5.32 Å². The van der Waals surface area contributed by atoms with Gasteiger partial charge in [-0.3, -0.25) is 4.79 Å². The van der Waals surface area contributed by atoms with Gasteiger partial charge in [-0.1, -0.05) is 18.5 Å². The SMILES string of the molecule is CSC(C)CCNC(=O)c1ccc(Cl)nc1. The number of carbonyl (C=O) groups is 1. The van der Waals surface area contributed by atoms with Gasteiger partial charge in [-0.25, -0.2) is 4.98 Å². The highest BCUT2D eigenvalue weighted by Gasteiger charge is 2.06. The highest BCUT2D eigenvalue weighted by Crippen LogP contribution is 2.08. The van der Waals surface area contributed by atoms with Crippen LogP contribution >= 0.6 is 23.4 Å². The van der Waals surface area contributed by atoms with E-state index >= 15 is 0 Å². The highest BCUT2D eigenvalue weighted by molar-refractivity contribution is 7.99. The monoisotopic (exact) mass is 258 g/mol. The van der Waals surface area contributed by atoms with Crippen molar-refractivity contribution < 1.29 is 4.79 Å². The van der Waals surface area contributed by atoms with Crippen molar-refractivity contribution in [1.82, 2.24) is 10.3 Å². The number of halogens is 1. The van der Waals surface area contributed by atoms with Crippen LogP contribution in [-0.2, 0) is 0 Å². The van der Waals surface area contributed by atoms with Crippen LogP contribution in [0.2, 0.25) is 5.15 Å². The summed E-state index contributed by atoms with van der Waals surface area (Å²) in [5.41, 5.74) is 0.543. The molecule has 0 saturated carbocycles. The normalized spacial score (nSPS) is 12.2. The highest BCUT2D eigenvalue weighted by atomic mass is 35.5. The molecule has 0 bridgehead atoms. The molecule has 0 aliphatic heterocycles. The number of thioether (sulfide) groups is 1. The van der Waals surface area contributed by atoms with Crippen molar-refractivity contribution >= 4 is 29.3 Å². The third-order valence-electron chi connectivity index (χ3n) is 2.23. The van der Waals surface area contributed by atoms with E-state index in [4.69, 9.17) is 11.6 Å². The van der Waals surface area contributed by atoms with E-state index < -0.39 is 0 Å². The number of nitrogens with zero attached hydrogens (tertiary/aromatic N) is 1. The Morgan fingerprint density at radius 3 is 2.94 bits per heavy atom. The van der Waals surface area contributed by atoms with Crippen LogP contribution in [0.4, 0.5) is 0 Å². The zero-order valence-corrected chi connectivity index (χ0v) is 10.9. The topological polar surface area (TPSA) is 42.0 Å². The van der Waals surface area contributed by atoms with Crippen molar-refractivity contribution in [2.45, 2.75) is 18.6 Å². The van der Waals surface area contributed by atoms with Crippen molar-refractivity contribution in [3.63, 3.8) is 0 Å². The Balaban J connectivity index is 2.38. The summed E-state index contributed by atoms with van der Waals surface area (Å²) < 4.78 is 0. The first-order valence-corrected chi connectivity index (χ1v) is 6.72. The maximum atomic E-state index is 11.6. The van der Waals surface area contributed by atoms with Crippen molar-refractivity contribution in [3.8, 4) is 0 Å². The van der Waals surface area contributed by atoms with Crippen LogP contribution in [0, 0.1) is 0 Å². The smallest absolute Gasteiger partial charge is 0.252 e. The molecule has 0 aliphatic rings. The first kappa shape index (κ1) is 13.3. The Bertz CT molecular complexity index is 342. The van der Waals surface area contributed by atoms with Crippen LogP contribution in [0.3, 0.4) is 0 Å². The molecule has 0 spiro atoms. The molecule has 5 heteroatoms. The van der Waals surface area contributed by atoms with Gasteiger partial charge in [0.25, 0.3) is 5.91 Å². The molecule has 0 saturated heterocycles. The molecule has 1 amide bonds. The van der Waals surface area contributed by atoms with Crippen molar-refractivity contribution in [1.29, 1.82) is 0 Å². The number of hydrogen-bond donors (Lipinski definition) is 1. The number of pyridine rings is 1. The van der Waals surface area contributed by atoms with E-state index in [2.05, 4.69) is 23.5 Å². The second-order valence-corrected chi connectivity index (χ2v) is 5.12. The fraction of sp³-hybridized carbons (Fsp3) is 0.455. The lowest BCUT2D eigenvalue weighted by atomic mass is 10.2. The number of rotatable bonds is 5. The lowest BCUT2D eigenvalue weighted by Crippen LogP contribution is -2.26. The minimum Gasteiger partial charge on any atom is -0.352 e. The summed E-state index contributed by atoms with van der Waals surface area (Å²) in [5.74, 6) is -0.0996. The number of amides is 1. The fourth-order valence-electron chi connectivity index (χ4n) is 1.12. The molecule has 1 atom stereocenters. The lowest BCUT2D eigenvalue weighted by molar-refractivity contribution is 0.0953. The molecule has 1 aromatic heterocycles. The number of carbonyl (C=O) groups excluding carboxylic acids is 1. The first-order chi connectivity index (χ1) is 7.63. The van der Waals surface area contributed by atoms with Gasteiger partial charge in [0.05, 0.1) is 5.56 Å². The van der Waals surface area contributed by atoms with Gasteiger partial charge >= 0.3 is 0 Å². The van der Waals surface area contributed by atoms with Gasteiger partial charge in [-0.2, -0.15) is 11.8 Å². The molecule has 1 heterocycles. The van der Waals surface area contributed by atoms with Crippen molar-refractivity contribution in [2.24, 2.45) is 0 Å². The fourth-order valence-corrected chi connectivity index (χ4v) is 1.58. The molecule has 0 aliphatic carbocycles. The van der Waals surface area contributed by atoms with Crippen LogP contribution in [0.25, 0.3) is 0 Å². The summed E-state index contributed by atoms with van der Waals surface area (Å²) in [5, 5.41) is 3.80. The van der Waals surface area contributed by atoms with E-state index in [1.165, 1.54) is 6.20 Å². The third kappa shape index (κ3) is 4.41. The Morgan fingerprint density at radius 1 is 1.62 bits per heavy atom. The number of nitrogens with one attached hydrogen (secondary N) is 1. The van der Waals surface area contributed by atoms with Gasteiger partial charge in [-0.15, -0.1) is 0 Å². The molecular weight excluding hydrogens is 244 g/mol. The first-order valence-electron chi connectivity index (χ1n) is 5.06. The van der Waals surface area contributed by atoms with Crippen LogP contribution in [0.15, 0.2) is 18.3 Å².